The van der Waals surface area contributed by atoms with Gasteiger partial charge in [0.2, 0.25) is 0 Å². The fourth-order valence-electron chi connectivity index (χ4n) is 3.56. The summed E-state index contributed by atoms with van der Waals surface area (Å²) in [5.41, 5.74) is 5.67. The standard InChI is InChI=1S/C24H14ClF2NO/c25-16-5-10-23-20(11-16)24-21(13-29-23)19(14-1-6-17(26)7-2-14)12-22(28-24)15-3-8-18(27)9-4-15/h1-12H,13H2. The molecule has 0 spiro atoms. The van der Waals surface area contributed by atoms with Crippen LogP contribution in [0.15, 0.2) is 72.8 Å². The smallest absolute Gasteiger partial charge is 0.129 e. The molecule has 0 fully saturated rings. The third-order valence-corrected chi connectivity index (χ3v) is 5.22. The van der Waals surface area contributed by atoms with Crippen LogP contribution >= 0.6 is 11.6 Å². The van der Waals surface area contributed by atoms with Crippen molar-refractivity contribution in [1.82, 2.24) is 4.98 Å². The van der Waals surface area contributed by atoms with E-state index in [0.717, 1.165) is 33.5 Å². The van der Waals surface area contributed by atoms with Crippen molar-refractivity contribution >= 4 is 11.6 Å². The van der Waals surface area contributed by atoms with E-state index in [2.05, 4.69) is 0 Å². The number of ether oxygens (including phenoxy) is 1. The van der Waals surface area contributed by atoms with Crippen LogP contribution in [0.25, 0.3) is 33.6 Å². The number of nitrogens with zero attached hydrogens (tertiary/aromatic N) is 1. The molecule has 5 heteroatoms. The Kier molecular flexibility index (Phi) is 4.29. The summed E-state index contributed by atoms with van der Waals surface area (Å²) in [4.78, 5) is 4.86. The predicted molar refractivity (Wildman–Crippen MR) is 110 cm³/mol. The molecule has 0 bridgehead atoms. The molecule has 0 aliphatic carbocycles. The molecule has 0 amide bonds. The minimum absolute atomic E-state index is 0.302. The average molecular weight is 406 g/mol. The monoisotopic (exact) mass is 405 g/mol. The van der Waals surface area contributed by atoms with E-state index >= 15 is 0 Å². The van der Waals surface area contributed by atoms with E-state index in [1.165, 1.54) is 24.3 Å². The Balaban J connectivity index is 1.79. The summed E-state index contributed by atoms with van der Waals surface area (Å²) in [7, 11) is 0. The highest BCUT2D eigenvalue weighted by atomic mass is 35.5. The van der Waals surface area contributed by atoms with Gasteiger partial charge in [-0.05, 0) is 71.8 Å². The van der Waals surface area contributed by atoms with Gasteiger partial charge in [0.05, 0.1) is 11.4 Å². The Morgan fingerprint density at radius 3 is 2.10 bits per heavy atom. The maximum Gasteiger partial charge on any atom is 0.129 e. The van der Waals surface area contributed by atoms with Crippen LogP contribution in [0.5, 0.6) is 5.75 Å². The first kappa shape index (κ1) is 17.8. The topological polar surface area (TPSA) is 22.1 Å². The van der Waals surface area contributed by atoms with Gasteiger partial charge in [-0.3, -0.25) is 0 Å². The molecule has 2 heterocycles. The Hall–Kier alpha value is -3.24. The fraction of sp³-hybridized carbons (Fsp3) is 0.0417. The summed E-state index contributed by atoms with van der Waals surface area (Å²) in [6, 6.07) is 19.9. The molecular formula is C24H14ClF2NO. The summed E-state index contributed by atoms with van der Waals surface area (Å²) in [6.45, 7) is 0.341. The van der Waals surface area contributed by atoms with Gasteiger partial charge in [-0.2, -0.15) is 0 Å². The summed E-state index contributed by atoms with van der Waals surface area (Å²) in [5.74, 6) is 0.0931. The second-order valence-electron chi connectivity index (χ2n) is 6.83. The number of fused-ring (bicyclic) bond motifs is 3. The van der Waals surface area contributed by atoms with E-state index in [0.29, 0.717) is 23.1 Å². The number of pyridine rings is 1. The molecule has 1 aromatic heterocycles. The van der Waals surface area contributed by atoms with Crippen molar-refractivity contribution < 1.29 is 13.5 Å². The molecule has 0 saturated heterocycles. The van der Waals surface area contributed by atoms with Crippen molar-refractivity contribution in [2.45, 2.75) is 6.61 Å². The lowest BCUT2D eigenvalue weighted by molar-refractivity contribution is 0.302. The highest BCUT2D eigenvalue weighted by Crippen LogP contribution is 2.43. The number of hydrogen-bond donors (Lipinski definition) is 0. The summed E-state index contributed by atoms with van der Waals surface area (Å²) < 4.78 is 32.8. The second kappa shape index (κ2) is 6.98. The maximum atomic E-state index is 13.5. The van der Waals surface area contributed by atoms with Gasteiger partial charge < -0.3 is 4.74 Å². The zero-order chi connectivity index (χ0) is 20.0. The lowest BCUT2D eigenvalue weighted by Gasteiger charge is -2.24. The van der Waals surface area contributed by atoms with Crippen LogP contribution in [0.4, 0.5) is 8.78 Å². The molecule has 0 radical (unpaired) electrons. The van der Waals surface area contributed by atoms with E-state index in [9.17, 15) is 8.78 Å². The van der Waals surface area contributed by atoms with Crippen molar-refractivity contribution in [2.24, 2.45) is 0 Å². The molecule has 0 atom stereocenters. The van der Waals surface area contributed by atoms with Gasteiger partial charge in [-0.15, -0.1) is 0 Å². The number of hydrogen-bond acceptors (Lipinski definition) is 2. The lowest BCUT2D eigenvalue weighted by Crippen LogP contribution is -2.09. The fourth-order valence-corrected chi connectivity index (χ4v) is 3.73. The number of benzene rings is 3. The van der Waals surface area contributed by atoms with Gasteiger partial charge in [-0.1, -0.05) is 23.7 Å². The Morgan fingerprint density at radius 1 is 0.759 bits per heavy atom. The molecule has 2 nitrogen and oxygen atoms in total. The largest absolute Gasteiger partial charge is 0.488 e. The first-order valence-corrected chi connectivity index (χ1v) is 9.45. The van der Waals surface area contributed by atoms with Crippen molar-refractivity contribution in [1.29, 1.82) is 0 Å². The van der Waals surface area contributed by atoms with Crippen molar-refractivity contribution in [3.05, 3.63) is 95.0 Å². The van der Waals surface area contributed by atoms with Gasteiger partial charge in [0.15, 0.2) is 0 Å². The van der Waals surface area contributed by atoms with Crippen LogP contribution in [0, 0.1) is 11.6 Å². The first-order chi connectivity index (χ1) is 14.1. The first-order valence-electron chi connectivity index (χ1n) is 9.07. The van der Waals surface area contributed by atoms with Gasteiger partial charge in [0, 0.05) is 21.7 Å². The van der Waals surface area contributed by atoms with Gasteiger partial charge in [-0.25, -0.2) is 13.8 Å². The maximum absolute atomic E-state index is 13.5. The van der Waals surface area contributed by atoms with Gasteiger partial charge in [0.1, 0.15) is 24.0 Å². The molecule has 142 valence electrons. The molecule has 3 aromatic carbocycles. The van der Waals surface area contributed by atoms with Crippen LogP contribution in [0.2, 0.25) is 5.02 Å². The minimum atomic E-state index is -0.309. The van der Waals surface area contributed by atoms with Crippen molar-refractivity contribution in [3.63, 3.8) is 0 Å². The third kappa shape index (κ3) is 3.26. The number of halogens is 3. The molecule has 1 aliphatic heterocycles. The Morgan fingerprint density at radius 2 is 1.41 bits per heavy atom. The van der Waals surface area contributed by atoms with E-state index in [4.69, 9.17) is 21.3 Å². The SMILES string of the molecule is Fc1ccc(-c2cc(-c3ccc(F)cc3)c3c(n2)-c2cc(Cl)ccc2OC3)cc1. The van der Waals surface area contributed by atoms with Gasteiger partial charge >= 0.3 is 0 Å². The highest BCUT2D eigenvalue weighted by molar-refractivity contribution is 6.31. The van der Waals surface area contributed by atoms with Crippen LogP contribution in [0.3, 0.4) is 0 Å². The normalized spacial score (nSPS) is 12.1. The van der Waals surface area contributed by atoms with Crippen LogP contribution < -0.4 is 4.74 Å². The zero-order valence-corrected chi connectivity index (χ0v) is 15.9. The van der Waals surface area contributed by atoms with Crippen molar-refractivity contribution in [3.8, 4) is 39.4 Å². The number of aromatic nitrogens is 1. The summed E-state index contributed by atoms with van der Waals surface area (Å²) in [5, 5.41) is 0.581. The molecule has 0 N–H and O–H groups in total. The zero-order valence-electron chi connectivity index (χ0n) is 15.1. The Bertz CT molecular complexity index is 1220. The van der Waals surface area contributed by atoms with Crippen LogP contribution in [0.1, 0.15) is 5.56 Å². The number of rotatable bonds is 2. The van der Waals surface area contributed by atoms with E-state index in [-0.39, 0.29) is 11.6 Å². The highest BCUT2D eigenvalue weighted by Gasteiger charge is 2.24. The molecule has 0 unspecified atom stereocenters. The Labute approximate surface area is 171 Å². The molecule has 5 rings (SSSR count). The third-order valence-electron chi connectivity index (χ3n) is 4.99. The lowest BCUT2D eigenvalue weighted by atomic mass is 9.92. The van der Waals surface area contributed by atoms with E-state index in [1.807, 2.05) is 18.2 Å². The molecule has 4 aromatic rings. The predicted octanol–water partition coefficient (Wildman–Crippen LogP) is 6.91. The van der Waals surface area contributed by atoms with Crippen molar-refractivity contribution in [2.75, 3.05) is 0 Å². The quantitative estimate of drug-likeness (QED) is 0.361. The second-order valence-corrected chi connectivity index (χ2v) is 7.26. The molecule has 29 heavy (non-hydrogen) atoms. The average Bonchev–Trinajstić information content (AvgIpc) is 2.74. The minimum Gasteiger partial charge on any atom is -0.488 e. The molecular weight excluding hydrogens is 392 g/mol. The van der Waals surface area contributed by atoms with E-state index < -0.39 is 0 Å². The van der Waals surface area contributed by atoms with Crippen LogP contribution in [-0.4, -0.2) is 4.98 Å². The summed E-state index contributed by atoms with van der Waals surface area (Å²) in [6.07, 6.45) is 0. The van der Waals surface area contributed by atoms with Gasteiger partial charge in [0.25, 0.3) is 0 Å². The van der Waals surface area contributed by atoms with E-state index in [1.54, 1.807) is 30.3 Å². The van der Waals surface area contributed by atoms with Crippen LogP contribution in [-0.2, 0) is 6.61 Å². The molecule has 0 saturated carbocycles. The summed E-state index contributed by atoms with van der Waals surface area (Å²) >= 11 is 6.22. The molecule has 1 aliphatic rings.